The number of hydrogen-bond donors (Lipinski definition) is 1. The minimum absolute atomic E-state index is 0.246. The van der Waals surface area contributed by atoms with Crippen molar-refractivity contribution in [1.82, 2.24) is 0 Å². The normalized spacial score (nSPS) is 8.60. The summed E-state index contributed by atoms with van der Waals surface area (Å²) in [6.07, 6.45) is 0. The zero-order valence-corrected chi connectivity index (χ0v) is 18.8. The van der Waals surface area contributed by atoms with Crippen LogP contribution in [-0.4, -0.2) is 5.11 Å². The van der Waals surface area contributed by atoms with E-state index in [0.717, 1.165) is 28.2 Å². The van der Waals surface area contributed by atoms with E-state index in [1.807, 2.05) is 102 Å². The third-order valence-electron chi connectivity index (χ3n) is 3.90. The van der Waals surface area contributed by atoms with Crippen LogP contribution in [0.3, 0.4) is 0 Å². The highest BCUT2D eigenvalue weighted by atomic mass is 16.3. The Hall–Kier alpha value is -3.62. The summed E-state index contributed by atoms with van der Waals surface area (Å²) >= 11 is 0. The Kier molecular flexibility index (Phi) is 11.0. The van der Waals surface area contributed by atoms with Crippen LogP contribution in [0.1, 0.15) is 52.7 Å². The lowest BCUT2D eigenvalue weighted by Crippen LogP contribution is -2.09. The van der Waals surface area contributed by atoms with Crippen LogP contribution < -0.4 is 4.90 Å². The lowest BCUT2D eigenvalue weighted by Gasteiger charge is -2.25. The largest absolute Gasteiger partial charge is 0.508 e. The summed E-state index contributed by atoms with van der Waals surface area (Å²) in [5.41, 5.74) is 4.97. The fraction of sp³-hybridized carbons (Fsp3) is 0.214. The Balaban J connectivity index is 0.00000106. The minimum atomic E-state index is 0.246. The van der Waals surface area contributed by atoms with Crippen molar-refractivity contribution in [2.24, 2.45) is 0 Å². The van der Waals surface area contributed by atoms with E-state index in [4.69, 9.17) is 0 Å². The Bertz CT molecular complexity index is 930. The van der Waals surface area contributed by atoms with Crippen LogP contribution >= 0.6 is 0 Å². The molecule has 3 aromatic carbocycles. The van der Waals surface area contributed by atoms with Crippen LogP contribution in [0.5, 0.6) is 5.75 Å². The topological polar surface area (TPSA) is 23.5 Å². The summed E-state index contributed by atoms with van der Waals surface area (Å²) in [7, 11) is 0. The maximum atomic E-state index is 9.62. The highest BCUT2D eigenvalue weighted by Crippen LogP contribution is 2.35. The first kappa shape index (κ1) is 24.4. The molecule has 0 aliphatic rings. The Morgan fingerprint density at radius 1 is 0.533 bits per heavy atom. The molecule has 3 rings (SSSR count). The predicted molar refractivity (Wildman–Crippen MR) is 131 cm³/mol. The molecule has 0 unspecified atom stereocenters. The van der Waals surface area contributed by atoms with Gasteiger partial charge in [-0.15, -0.1) is 11.8 Å². The van der Waals surface area contributed by atoms with E-state index in [0.29, 0.717) is 0 Å². The van der Waals surface area contributed by atoms with Gasteiger partial charge in [-0.2, -0.15) is 0 Å². The number of phenolic OH excluding ortho intramolecular Hbond substituents is 1. The quantitative estimate of drug-likeness (QED) is 0.459. The molecule has 0 amide bonds. The molecule has 154 valence electrons. The molecular weight excluding hydrogens is 366 g/mol. The van der Waals surface area contributed by atoms with Crippen LogP contribution in [-0.2, 0) is 0 Å². The molecule has 0 aliphatic carbocycles. The molecular formula is C28H31NO. The molecule has 2 heteroatoms. The standard InChI is InChI=1S/C24H19NO.2C2H6/c1-3-5-19-7-11-21(12-8-19)25(23-15-17-24(26)18-16-23)22-13-9-20(6-4-2)10-14-22;2*1-2/h7-18,26H,1-2H3;2*1-2H3. The molecule has 0 aliphatic heterocycles. The Labute approximate surface area is 182 Å². The van der Waals surface area contributed by atoms with Gasteiger partial charge < -0.3 is 10.0 Å². The maximum absolute atomic E-state index is 9.62. The van der Waals surface area contributed by atoms with Gasteiger partial charge in [0.15, 0.2) is 0 Å². The van der Waals surface area contributed by atoms with Crippen LogP contribution in [0, 0.1) is 23.7 Å². The minimum Gasteiger partial charge on any atom is -0.508 e. The van der Waals surface area contributed by atoms with Crippen LogP contribution in [0.25, 0.3) is 0 Å². The van der Waals surface area contributed by atoms with E-state index < -0.39 is 0 Å². The number of benzene rings is 3. The van der Waals surface area contributed by atoms with Crippen molar-refractivity contribution >= 4 is 17.1 Å². The number of aromatic hydroxyl groups is 1. The van der Waals surface area contributed by atoms with Crippen molar-refractivity contribution in [2.75, 3.05) is 4.90 Å². The van der Waals surface area contributed by atoms with Gasteiger partial charge in [-0.1, -0.05) is 39.5 Å². The summed E-state index contributed by atoms with van der Waals surface area (Å²) in [5.74, 6) is 12.2. The second-order valence-electron chi connectivity index (χ2n) is 5.70. The summed E-state index contributed by atoms with van der Waals surface area (Å²) in [6, 6.07) is 23.4. The number of hydrogen-bond acceptors (Lipinski definition) is 2. The number of phenols is 1. The molecule has 0 aromatic heterocycles. The van der Waals surface area contributed by atoms with E-state index in [-0.39, 0.29) is 5.75 Å². The van der Waals surface area contributed by atoms with Gasteiger partial charge >= 0.3 is 0 Å². The molecule has 30 heavy (non-hydrogen) atoms. The van der Waals surface area contributed by atoms with Gasteiger partial charge in [-0.3, -0.25) is 0 Å². The van der Waals surface area contributed by atoms with E-state index in [2.05, 4.69) is 28.6 Å². The first-order chi connectivity index (χ1) is 14.7. The van der Waals surface area contributed by atoms with Crippen molar-refractivity contribution in [3.05, 3.63) is 83.9 Å². The highest BCUT2D eigenvalue weighted by molar-refractivity contribution is 5.77. The monoisotopic (exact) mass is 397 g/mol. The third-order valence-corrected chi connectivity index (χ3v) is 3.90. The summed E-state index contributed by atoms with van der Waals surface area (Å²) in [5, 5.41) is 9.62. The van der Waals surface area contributed by atoms with Crippen molar-refractivity contribution in [2.45, 2.75) is 41.5 Å². The molecule has 0 atom stereocenters. The van der Waals surface area contributed by atoms with Gasteiger partial charge in [0.05, 0.1) is 0 Å². The molecule has 0 saturated carbocycles. The van der Waals surface area contributed by atoms with Gasteiger partial charge in [-0.05, 0) is 86.6 Å². The zero-order valence-electron chi connectivity index (χ0n) is 18.8. The second kappa shape index (κ2) is 13.5. The summed E-state index contributed by atoms with van der Waals surface area (Å²) < 4.78 is 0. The molecule has 1 N–H and O–H groups in total. The van der Waals surface area contributed by atoms with E-state index in [1.165, 1.54) is 0 Å². The Morgan fingerprint density at radius 3 is 1.13 bits per heavy atom. The Morgan fingerprint density at radius 2 is 0.833 bits per heavy atom. The lowest BCUT2D eigenvalue weighted by molar-refractivity contribution is 0.475. The van der Waals surface area contributed by atoms with Crippen molar-refractivity contribution in [3.63, 3.8) is 0 Å². The van der Waals surface area contributed by atoms with Gasteiger partial charge in [0, 0.05) is 28.2 Å². The number of nitrogens with zero attached hydrogens (tertiary/aromatic N) is 1. The van der Waals surface area contributed by atoms with E-state index >= 15 is 0 Å². The molecule has 0 heterocycles. The number of anilines is 3. The van der Waals surface area contributed by atoms with E-state index in [9.17, 15) is 5.11 Å². The molecule has 0 spiro atoms. The van der Waals surface area contributed by atoms with Gasteiger partial charge in [0.2, 0.25) is 0 Å². The smallest absolute Gasteiger partial charge is 0.115 e. The SMILES string of the molecule is CC.CC.CC#Cc1ccc(N(c2ccc(O)cc2)c2ccc(C#CC)cc2)cc1. The number of rotatable bonds is 3. The van der Waals surface area contributed by atoms with E-state index in [1.54, 1.807) is 12.1 Å². The average molecular weight is 398 g/mol. The summed E-state index contributed by atoms with van der Waals surface area (Å²) in [6.45, 7) is 11.7. The fourth-order valence-corrected chi connectivity index (χ4v) is 2.73. The highest BCUT2D eigenvalue weighted by Gasteiger charge is 2.12. The van der Waals surface area contributed by atoms with Crippen molar-refractivity contribution in [1.29, 1.82) is 0 Å². The van der Waals surface area contributed by atoms with Gasteiger partial charge in [0.25, 0.3) is 0 Å². The molecule has 3 aromatic rings. The third kappa shape index (κ3) is 6.77. The van der Waals surface area contributed by atoms with Gasteiger partial charge in [-0.25, -0.2) is 0 Å². The zero-order chi connectivity index (χ0) is 22.4. The molecule has 0 fully saturated rings. The summed E-state index contributed by atoms with van der Waals surface area (Å²) in [4.78, 5) is 2.13. The molecule has 0 bridgehead atoms. The lowest BCUT2D eigenvalue weighted by atomic mass is 10.1. The molecule has 0 radical (unpaired) electrons. The van der Waals surface area contributed by atoms with Crippen molar-refractivity contribution < 1.29 is 5.11 Å². The maximum Gasteiger partial charge on any atom is 0.115 e. The molecule has 0 saturated heterocycles. The molecule has 2 nitrogen and oxygen atoms in total. The second-order valence-corrected chi connectivity index (χ2v) is 5.70. The fourth-order valence-electron chi connectivity index (χ4n) is 2.73. The predicted octanol–water partition coefficient (Wildman–Crippen LogP) is 7.66. The first-order valence-corrected chi connectivity index (χ1v) is 10.4. The first-order valence-electron chi connectivity index (χ1n) is 10.4. The van der Waals surface area contributed by atoms with Crippen LogP contribution in [0.2, 0.25) is 0 Å². The van der Waals surface area contributed by atoms with Crippen LogP contribution in [0.4, 0.5) is 17.1 Å². The average Bonchev–Trinajstić information content (AvgIpc) is 2.81. The van der Waals surface area contributed by atoms with Crippen molar-refractivity contribution in [3.8, 4) is 29.4 Å². The van der Waals surface area contributed by atoms with Gasteiger partial charge in [0.1, 0.15) is 5.75 Å². The van der Waals surface area contributed by atoms with Crippen LogP contribution in [0.15, 0.2) is 72.8 Å².